The van der Waals surface area contributed by atoms with Crippen LogP contribution in [0, 0.1) is 29.6 Å². The quantitative estimate of drug-likeness (QED) is 0.332. The van der Waals surface area contributed by atoms with Gasteiger partial charge in [0.05, 0.1) is 36.4 Å². The van der Waals surface area contributed by atoms with Gasteiger partial charge in [-0.15, -0.1) is 0 Å². The van der Waals surface area contributed by atoms with E-state index in [1.54, 1.807) is 19.1 Å². The molecule has 35 heavy (non-hydrogen) atoms. The highest BCUT2D eigenvalue weighted by Crippen LogP contribution is 2.50. The van der Waals surface area contributed by atoms with E-state index in [1.807, 2.05) is 49.1 Å². The van der Waals surface area contributed by atoms with E-state index in [0.29, 0.717) is 6.42 Å². The van der Waals surface area contributed by atoms with Gasteiger partial charge in [0.2, 0.25) is 5.91 Å². The van der Waals surface area contributed by atoms with Crippen molar-refractivity contribution in [2.24, 2.45) is 29.6 Å². The number of fused-ring (bicyclic) bond motifs is 5. The maximum Gasteiger partial charge on any atom is 0.230 e. The average Bonchev–Trinajstić information content (AvgIpc) is 3.28. The van der Waals surface area contributed by atoms with Crippen molar-refractivity contribution in [3.8, 4) is 0 Å². The molecule has 7 nitrogen and oxygen atoms in total. The van der Waals surface area contributed by atoms with E-state index >= 15 is 0 Å². The number of hydrogen-bond donors (Lipinski definition) is 5. The van der Waals surface area contributed by atoms with Gasteiger partial charge in [-0.1, -0.05) is 67.2 Å². The summed E-state index contributed by atoms with van der Waals surface area (Å²) >= 11 is 0. The molecule has 0 aromatic rings. The molecule has 4 aliphatic rings. The molecule has 0 unspecified atom stereocenters. The van der Waals surface area contributed by atoms with Crippen LogP contribution in [0.5, 0.6) is 0 Å². The lowest BCUT2D eigenvalue weighted by atomic mass is 9.67. The number of allylic oxidation sites excluding steroid dienone is 7. The third-order valence-corrected chi connectivity index (χ3v) is 8.21. The minimum absolute atomic E-state index is 0.00584. The minimum atomic E-state index is -1.40. The Labute approximate surface area is 207 Å². The third kappa shape index (κ3) is 5.11. The first-order valence-corrected chi connectivity index (χ1v) is 12.7. The van der Waals surface area contributed by atoms with Crippen molar-refractivity contribution >= 4 is 5.91 Å². The zero-order valence-corrected chi connectivity index (χ0v) is 20.6. The van der Waals surface area contributed by atoms with E-state index < -0.39 is 36.4 Å². The number of nitrogens with zero attached hydrogens (tertiary/aromatic N) is 1. The molecule has 5 N–H and O–H groups in total. The summed E-state index contributed by atoms with van der Waals surface area (Å²) in [4.78, 5) is 15.1. The van der Waals surface area contributed by atoms with Gasteiger partial charge in [-0.3, -0.25) is 4.79 Å². The lowest BCUT2D eigenvalue weighted by Crippen LogP contribution is -2.42. The van der Waals surface area contributed by atoms with E-state index in [0.717, 1.165) is 5.57 Å². The lowest BCUT2D eigenvalue weighted by Gasteiger charge is -2.36. The second-order valence-corrected chi connectivity index (χ2v) is 10.8. The number of amides is 1. The number of rotatable bonds is 0. The Morgan fingerprint density at radius 2 is 1.57 bits per heavy atom. The molecule has 2 fully saturated rings. The highest BCUT2D eigenvalue weighted by Gasteiger charge is 2.58. The summed E-state index contributed by atoms with van der Waals surface area (Å²) in [5.41, 5.74) is 1.00. The Bertz CT molecular complexity index is 938. The molecule has 2 heterocycles. The topological polar surface area (TPSA) is 121 Å². The Hall–Kier alpha value is -2.03. The summed E-state index contributed by atoms with van der Waals surface area (Å²) in [7, 11) is 0. The second-order valence-electron chi connectivity index (χ2n) is 10.8. The van der Waals surface area contributed by atoms with E-state index in [-0.39, 0.29) is 48.1 Å². The van der Waals surface area contributed by atoms with Gasteiger partial charge in [-0.05, 0) is 26.2 Å². The standard InChI is InChI=1S/C28H39NO6/c1-15-6-4-5-7-19(30)14-23(32)27(34)26(33)16(2)8-9-18-10-11-20-24(21(18)12-15)25-22(31)13-17(3)29(25)28(20)35/h4-12,16-27,30-34H,13-14H2,1-3H3/b6-4-,7-5-,9-8-,15-12+/t16-,17-,18+,19-,20-,21+,22+,23-,24+,25+,26+,27-/m0/s1. The van der Waals surface area contributed by atoms with Crippen LogP contribution in [0.25, 0.3) is 0 Å². The average molecular weight is 486 g/mol. The van der Waals surface area contributed by atoms with Gasteiger partial charge in [-0.25, -0.2) is 0 Å². The van der Waals surface area contributed by atoms with Crippen LogP contribution < -0.4 is 0 Å². The normalized spacial score (nSPS) is 50.6. The second kappa shape index (κ2) is 10.5. The Kier molecular flexibility index (Phi) is 7.83. The molecule has 4 rings (SSSR count). The number of carbonyl (C=O) groups excluding carboxylic acids is 1. The molecule has 0 saturated carbocycles. The molecular formula is C28H39NO6. The molecule has 12 atom stereocenters. The van der Waals surface area contributed by atoms with Crippen LogP contribution in [-0.4, -0.2) is 78.9 Å². The minimum Gasteiger partial charge on any atom is -0.391 e. The van der Waals surface area contributed by atoms with Crippen LogP contribution in [0.2, 0.25) is 0 Å². The maximum atomic E-state index is 13.3. The molecule has 2 saturated heterocycles. The Balaban J connectivity index is 1.73. The summed E-state index contributed by atoms with van der Waals surface area (Å²) in [6, 6.07) is -0.228. The van der Waals surface area contributed by atoms with Gasteiger partial charge < -0.3 is 30.4 Å². The van der Waals surface area contributed by atoms with Gasteiger partial charge in [0, 0.05) is 30.2 Å². The van der Waals surface area contributed by atoms with Gasteiger partial charge in [-0.2, -0.15) is 0 Å². The fraction of sp³-hybridized carbons (Fsp3) is 0.607. The molecular weight excluding hydrogens is 446 g/mol. The molecule has 2 aliphatic heterocycles. The van der Waals surface area contributed by atoms with Crippen molar-refractivity contribution in [2.75, 3.05) is 0 Å². The van der Waals surface area contributed by atoms with Gasteiger partial charge in [0.15, 0.2) is 0 Å². The van der Waals surface area contributed by atoms with Crippen molar-refractivity contribution in [2.45, 2.75) is 76.2 Å². The monoisotopic (exact) mass is 485 g/mol. The third-order valence-electron chi connectivity index (χ3n) is 8.21. The van der Waals surface area contributed by atoms with Crippen LogP contribution in [0.15, 0.2) is 60.3 Å². The summed E-state index contributed by atoms with van der Waals surface area (Å²) < 4.78 is 0. The highest BCUT2D eigenvalue weighted by molar-refractivity contribution is 5.85. The first-order chi connectivity index (χ1) is 16.6. The zero-order valence-electron chi connectivity index (χ0n) is 20.6. The van der Waals surface area contributed by atoms with E-state index in [1.165, 1.54) is 6.08 Å². The molecule has 0 aromatic heterocycles. The molecule has 192 valence electrons. The molecule has 0 spiro atoms. The fourth-order valence-corrected chi connectivity index (χ4v) is 6.34. The van der Waals surface area contributed by atoms with Gasteiger partial charge in [0.1, 0.15) is 6.10 Å². The van der Waals surface area contributed by atoms with Crippen molar-refractivity contribution < 1.29 is 30.3 Å². The van der Waals surface area contributed by atoms with Crippen LogP contribution in [-0.2, 0) is 4.79 Å². The van der Waals surface area contributed by atoms with Crippen molar-refractivity contribution in [3.05, 3.63) is 60.3 Å². The van der Waals surface area contributed by atoms with Crippen LogP contribution in [0.3, 0.4) is 0 Å². The number of aliphatic hydroxyl groups is 5. The molecule has 1 amide bonds. The van der Waals surface area contributed by atoms with E-state index in [2.05, 4.69) is 6.08 Å². The highest BCUT2D eigenvalue weighted by atomic mass is 16.4. The Morgan fingerprint density at radius 1 is 0.857 bits per heavy atom. The predicted octanol–water partition coefficient (Wildman–Crippen LogP) is 1.48. The molecule has 2 aliphatic carbocycles. The number of aliphatic hydroxyl groups excluding tert-OH is 5. The fourth-order valence-electron chi connectivity index (χ4n) is 6.34. The molecule has 7 heteroatoms. The summed E-state index contributed by atoms with van der Waals surface area (Å²) in [5.74, 6) is -0.829. The SMILES string of the molecule is CC1=C\[C@H]2[C@@H]3[C@H]4[C@H](O)C[C@H](C)N4C(=O)[C@H]3C=C[C@H]2/C=C\[C@H](C)[C@@H](O)[C@@H](O)[C@@H](O)C[C@@H](O)\C=C/C=C\1. The first-order valence-electron chi connectivity index (χ1n) is 12.7. The molecule has 0 bridgehead atoms. The summed E-state index contributed by atoms with van der Waals surface area (Å²) in [6.45, 7) is 5.76. The Morgan fingerprint density at radius 3 is 2.31 bits per heavy atom. The van der Waals surface area contributed by atoms with Gasteiger partial charge in [0.25, 0.3) is 0 Å². The van der Waals surface area contributed by atoms with Crippen molar-refractivity contribution in [1.82, 2.24) is 4.90 Å². The smallest absolute Gasteiger partial charge is 0.230 e. The number of carbonyl (C=O) groups is 1. The van der Waals surface area contributed by atoms with E-state index in [9.17, 15) is 30.3 Å². The van der Waals surface area contributed by atoms with Crippen LogP contribution in [0.4, 0.5) is 0 Å². The zero-order chi connectivity index (χ0) is 25.4. The van der Waals surface area contributed by atoms with Crippen molar-refractivity contribution in [1.29, 1.82) is 0 Å². The first kappa shape index (κ1) is 26.0. The number of hydrogen-bond acceptors (Lipinski definition) is 6. The van der Waals surface area contributed by atoms with Crippen LogP contribution >= 0.6 is 0 Å². The maximum absolute atomic E-state index is 13.3. The molecule has 0 radical (unpaired) electrons. The van der Waals surface area contributed by atoms with E-state index in [4.69, 9.17) is 0 Å². The largest absolute Gasteiger partial charge is 0.391 e. The molecule has 0 aromatic carbocycles. The lowest BCUT2D eigenvalue weighted by molar-refractivity contribution is -0.131. The summed E-state index contributed by atoms with van der Waals surface area (Å²) in [5, 5.41) is 52.4. The summed E-state index contributed by atoms with van der Waals surface area (Å²) in [6.07, 6.45) is 12.1. The van der Waals surface area contributed by atoms with Gasteiger partial charge >= 0.3 is 0 Å². The van der Waals surface area contributed by atoms with Crippen molar-refractivity contribution in [3.63, 3.8) is 0 Å². The van der Waals surface area contributed by atoms with Crippen LogP contribution in [0.1, 0.15) is 33.6 Å². The predicted molar refractivity (Wildman–Crippen MR) is 133 cm³/mol.